The van der Waals surface area contributed by atoms with Crippen LogP contribution in [0.2, 0.25) is 0 Å². The van der Waals surface area contributed by atoms with Gasteiger partial charge in [0, 0.05) is 16.6 Å². The van der Waals surface area contributed by atoms with Crippen molar-refractivity contribution in [1.82, 2.24) is 9.62 Å². The van der Waals surface area contributed by atoms with E-state index in [2.05, 4.69) is 21.2 Å². The first kappa shape index (κ1) is 19.1. The molecule has 0 radical (unpaired) electrons. The number of carbonyl (C=O) groups excluding carboxylic acids is 1. The Labute approximate surface area is 175 Å². The summed E-state index contributed by atoms with van der Waals surface area (Å²) in [6, 6.07) is 6.08. The van der Waals surface area contributed by atoms with Gasteiger partial charge >= 0.3 is 0 Å². The topological polar surface area (TPSA) is 66.5 Å². The summed E-state index contributed by atoms with van der Waals surface area (Å²) in [4.78, 5) is 13.5. The van der Waals surface area contributed by atoms with E-state index in [1.807, 2.05) is 0 Å². The standard InChI is InChI=1S/C21H27BrN2O3S/c22-17-3-5-18(6-4-17)28(26,27)24-7-1-2-19(24)20(25)23-21-11-14-8-15(12-21)10-16(9-14)13-21/h3-6,14-16,19H,1-2,7-13H2,(H,23,25). The maximum absolute atomic E-state index is 13.2. The summed E-state index contributed by atoms with van der Waals surface area (Å²) in [6.45, 7) is 0.414. The Morgan fingerprint density at radius 1 is 1.04 bits per heavy atom. The predicted octanol–water partition coefficient (Wildman–Crippen LogP) is 3.69. The number of hydrogen-bond donors (Lipinski definition) is 1. The summed E-state index contributed by atoms with van der Waals surface area (Å²) in [6.07, 6.45) is 8.54. The zero-order chi connectivity index (χ0) is 19.5. The molecule has 1 saturated heterocycles. The fourth-order valence-corrected chi connectivity index (χ4v) is 8.56. The number of hydrogen-bond acceptors (Lipinski definition) is 3. The lowest BCUT2D eigenvalue weighted by molar-refractivity contribution is -0.130. The van der Waals surface area contributed by atoms with Crippen LogP contribution in [0.25, 0.3) is 0 Å². The van der Waals surface area contributed by atoms with E-state index in [-0.39, 0.29) is 16.3 Å². The third-order valence-electron chi connectivity index (χ3n) is 7.35. The van der Waals surface area contributed by atoms with Crippen molar-refractivity contribution in [3.05, 3.63) is 28.7 Å². The van der Waals surface area contributed by atoms with Crippen molar-refractivity contribution in [2.24, 2.45) is 17.8 Å². The first-order chi connectivity index (χ1) is 13.3. The molecule has 4 saturated carbocycles. The number of carbonyl (C=O) groups is 1. The lowest BCUT2D eigenvalue weighted by atomic mass is 9.53. The Balaban J connectivity index is 1.35. The van der Waals surface area contributed by atoms with Gasteiger partial charge in [-0.15, -0.1) is 0 Å². The van der Waals surface area contributed by atoms with E-state index >= 15 is 0 Å². The Hall–Kier alpha value is -0.920. The van der Waals surface area contributed by atoms with Gasteiger partial charge in [0.05, 0.1) is 4.90 Å². The van der Waals surface area contributed by atoms with Gasteiger partial charge in [0.25, 0.3) is 0 Å². The first-order valence-corrected chi connectivity index (χ1v) is 12.7. The summed E-state index contributed by atoms with van der Waals surface area (Å²) in [5.41, 5.74) is -0.0819. The Bertz CT molecular complexity index is 848. The van der Waals surface area contributed by atoms with Crippen LogP contribution < -0.4 is 5.32 Å². The van der Waals surface area contributed by atoms with Crippen LogP contribution in [0.1, 0.15) is 51.4 Å². The molecule has 1 aliphatic heterocycles. The van der Waals surface area contributed by atoms with E-state index in [0.29, 0.717) is 13.0 Å². The van der Waals surface area contributed by atoms with Gasteiger partial charge in [-0.3, -0.25) is 4.79 Å². The zero-order valence-corrected chi connectivity index (χ0v) is 18.3. The van der Waals surface area contributed by atoms with Gasteiger partial charge < -0.3 is 5.32 Å². The van der Waals surface area contributed by atoms with Crippen LogP contribution in [0.15, 0.2) is 33.6 Å². The van der Waals surface area contributed by atoms with Crippen LogP contribution in [-0.4, -0.2) is 36.8 Å². The summed E-state index contributed by atoms with van der Waals surface area (Å²) in [5.74, 6) is 2.16. The van der Waals surface area contributed by atoms with E-state index in [0.717, 1.165) is 47.9 Å². The van der Waals surface area contributed by atoms with Crippen LogP contribution in [0, 0.1) is 17.8 Å². The SMILES string of the molecule is O=C(NC12CC3CC(CC(C3)C1)C2)C1CCCN1S(=O)(=O)c1ccc(Br)cc1. The number of benzene rings is 1. The average molecular weight is 467 g/mol. The van der Waals surface area contributed by atoms with Crippen molar-refractivity contribution in [3.63, 3.8) is 0 Å². The minimum absolute atomic E-state index is 0.0819. The molecule has 1 aromatic rings. The number of amides is 1. The molecule has 4 bridgehead atoms. The van der Waals surface area contributed by atoms with Gasteiger partial charge in [0.1, 0.15) is 6.04 Å². The predicted molar refractivity (Wildman–Crippen MR) is 110 cm³/mol. The molecule has 1 aromatic carbocycles. The van der Waals surface area contributed by atoms with E-state index in [1.54, 1.807) is 24.3 Å². The first-order valence-electron chi connectivity index (χ1n) is 10.4. The molecular formula is C21H27BrN2O3S. The fraction of sp³-hybridized carbons (Fsp3) is 0.667. The number of nitrogens with one attached hydrogen (secondary N) is 1. The molecule has 0 aromatic heterocycles. The van der Waals surface area contributed by atoms with E-state index in [9.17, 15) is 13.2 Å². The molecule has 1 heterocycles. The van der Waals surface area contributed by atoms with Gasteiger partial charge in [0.15, 0.2) is 0 Å². The van der Waals surface area contributed by atoms with Crippen molar-refractivity contribution in [1.29, 1.82) is 0 Å². The molecule has 1 amide bonds. The molecule has 28 heavy (non-hydrogen) atoms. The van der Waals surface area contributed by atoms with Crippen LogP contribution in [0.3, 0.4) is 0 Å². The highest BCUT2D eigenvalue weighted by Crippen LogP contribution is 2.55. The molecule has 152 valence electrons. The van der Waals surface area contributed by atoms with E-state index in [1.165, 1.54) is 23.6 Å². The second kappa shape index (κ2) is 6.81. The van der Waals surface area contributed by atoms with Crippen molar-refractivity contribution >= 4 is 31.9 Å². The second-order valence-corrected chi connectivity index (χ2v) is 12.2. The van der Waals surface area contributed by atoms with Crippen LogP contribution in [0.4, 0.5) is 0 Å². The van der Waals surface area contributed by atoms with Crippen molar-refractivity contribution in [2.45, 2.75) is 67.8 Å². The van der Waals surface area contributed by atoms with Gasteiger partial charge in [-0.25, -0.2) is 8.42 Å². The molecule has 0 spiro atoms. The summed E-state index contributed by atoms with van der Waals surface area (Å²) in [5, 5.41) is 3.38. The molecule has 1 N–H and O–H groups in total. The molecule has 5 nitrogen and oxygen atoms in total. The number of rotatable bonds is 4. The lowest BCUT2D eigenvalue weighted by Gasteiger charge is -2.57. The van der Waals surface area contributed by atoms with E-state index < -0.39 is 16.1 Å². The summed E-state index contributed by atoms with van der Waals surface area (Å²) < 4.78 is 28.6. The molecule has 1 unspecified atom stereocenters. The molecule has 6 rings (SSSR count). The molecule has 4 aliphatic carbocycles. The van der Waals surface area contributed by atoms with Crippen molar-refractivity contribution in [3.8, 4) is 0 Å². The molecule has 5 fully saturated rings. The number of sulfonamides is 1. The van der Waals surface area contributed by atoms with Gasteiger partial charge in [-0.2, -0.15) is 4.31 Å². The Kier molecular flexibility index (Phi) is 4.64. The third-order valence-corrected chi connectivity index (χ3v) is 9.80. The molecule has 5 aliphatic rings. The molecule has 7 heteroatoms. The number of nitrogens with zero attached hydrogens (tertiary/aromatic N) is 1. The lowest BCUT2D eigenvalue weighted by Crippen LogP contribution is -2.62. The highest BCUT2D eigenvalue weighted by molar-refractivity contribution is 9.10. The Morgan fingerprint density at radius 2 is 1.61 bits per heavy atom. The third kappa shape index (κ3) is 3.23. The minimum atomic E-state index is -3.66. The quantitative estimate of drug-likeness (QED) is 0.735. The second-order valence-electron chi connectivity index (χ2n) is 9.41. The fourth-order valence-electron chi connectivity index (χ4n) is 6.64. The van der Waals surface area contributed by atoms with Crippen LogP contribution in [-0.2, 0) is 14.8 Å². The summed E-state index contributed by atoms with van der Waals surface area (Å²) in [7, 11) is -3.66. The van der Waals surface area contributed by atoms with Gasteiger partial charge in [-0.1, -0.05) is 15.9 Å². The van der Waals surface area contributed by atoms with Crippen molar-refractivity contribution in [2.75, 3.05) is 6.54 Å². The highest BCUT2D eigenvalue weighted by Gasteiger charge is 2.52. The van der Waals surface area contributed by atoms with Gasteiger partial charge in [-0.05, 0) is 93.4 Å². The monoisotopic (exact) mass is 466 g/mol. The Morgan fingerprint density at radius 3 is 2.18 bits per heavy atom. The van der Waals surface area contributed by atoms with E-state index in [4.69, 9.17) is 0 Å². The van der Waals surface area contributed by atoms with Gasteiger partial charge in [0.2, 0.25) is 15.9 Å². The molecule has 1 atom stereocenters. The normalized spacial score (nSPS) is 37.3. The smallest absolute Gasteiger partial charge is 0.243 e. The van der Waals surface area contributed by atoms with Crippen molar-refractivity contribution < 1.29 is 13.2 Å². The zero-order valence-electron chi connectivity index (χ0n) is 15.9. The van der Waals surface area contributed by atoms with Crippen LogP contribution in [0.5, 0.6) is 0 Å². The molecular weight excluding hydrogens is 440 g/mol. The summed E-state index contributed by atoms with van der Waals surface area (Å²) >= 11 is 3.35. The number of halogens is 1. The minimum Gasteiger partial charge on any atom is -0.349 e. The highest BCUT2D eigenvalue weighted by atomic mass is 79.9. The largest absolute Gasteiger partial charge is 0.349 e. The maximum Gasteiger partial charge on any atom is 0.243 e. The maximum atomic E-state index is 13.2. The average Bonchev–Trinajstić information content (AvgIpc) is 3.11. The van der Waals surface area contributed by atoms with Crippen LogP contribution >= 0.6 is 15.9 Å².